The van der Waals surface area contributed by atoms with E-state index in [0.29, 0.717) is 0 Å². The molecule has 50 valence electrons. The van der Waals surface area contributed by atoms with Crippen molar-refractivity contribution >= 4 is 84.0 Å². The standard InChI is InChI=1S/2ClH.K.H3O4P.H/c;;;1-5(2,3)4;/h2*1H;;(H3,1,2,3,4);. The van der Waals surface area contributed by atoms with E-state index in [4.69, 9.17) is 19.2 Å². The van der Waals surface area contributed by atoms with Crippen LogP contribution in [0.4, 0.5) is 0 Å². The number of hydrogen-bond donors (Lipinski definition) is 3. The molecule has 3 N–H and O–H groups in total. The van der Waals surface area contributed by atoms with Crippen LogP contribution in [0.5, 0.6) is 0 Å². The van der Waals surface area contributed by atoms with Gasteiger partial charge in [0, 0.05) is 0 Å². The van der Waals surface area contributed by atoms with E-state index in [0.717, 1.165) is 0 Å². The molecule has 0 saturated carbocycles. The predicted molar refractivity (Wildman–Crippen MR) is 35.9 cm³/mol. The van der Waals surface area contributed by atoms with Gasteiger partial charge in [0.15, 0.2) is 0 Å². The van der Waals surface area contributed by atoms with E-state index in [1.54, 1.807) is 0 Å². The summed E-state index contributed by atoms with van der Waals surface area (Å²) in [5, 5.41) is 0. The van der Waals surface area contributed by atoms with Gasteiger partial charge >= 0.3 is 59.2 Å². The second-order valence-corrected chi connectivity index (χ2v) is 1.54. The molecule has 0 unspecified atom stereocenters. The van der Waals surface area contributed by atoms with Crippen LogP contribution in [-0.2, 0) is 4.57 Å². The Labute approximate surface area is 102 Å². The molecule has 0 aliphatic rings. The summed E-state index contributed by atoms with van der Waals surface area (Å²) in [6.07, 6.45) is 0. The van der Waals surface area contributed by atoms with Crippen LogP contribution in [0.15, 0.2) is 0 Å². The molecule has 0 saturated heterocycles. The SMILES string of the molecule is Cl.Cl.O=P(O)(O)O.[KH]. The van der Waals surface area contributed by atoms with Gasteiger partial charge in [-0.1, -0.05) is 0 Å². The number of halogens is 2. The Bertz CT molecular complexity index is 60.2. The summed E-state index contributed by atoms with van der Waals surface area (Å²) in [4.78, 5) is 21.6. The molecule has 0 fully saturated rings. The van der Waals surface area contributed by atoms with E-state index < -0.39 is 7.82 Å². The molecule has 0 radical (unpaired) electrons. The Kier molecular flexibility index (Phi) is 26.2. The number of phosphoric acid groups is 1. The van der Waals surface area contributed by atoms with Crippen molar-refractivity contribution in [3.8, 4) is 0 Å². The van der Waals surface area contributed by atoms with Crippen LogP contribution in [0.1, 0.15) is 0 Å². The zero-order valence-electron chi connectivity index (χ0n) is 3.01. The van der Waals surface area contributed by atoms with Gasteiger partial charge in [-0.25, -0.2) is 4.57 Å². The van der Waals surface area contributed by atoms with Gasteiger partial charge in [0.1, 0.15) is 0 Å². The second kappa shape index (κ2) is 9.33. The second-order valence-electron chi connectivity index (χ2n) is 0.513. The van der Waals surface area contributed by atoms with Gasteiger partial charge in [-0.2, -0.15) is 0 Å². The van der Waals surface area contributed by atoms with Gasteiger partial charge in [0.2, 0.25) is 0 Å². The summed E-state index contributed by atoms with van der Waals surface area (Å²) < 4.78 is 8.88. The van der Waals surface area contributed by atoms with E-state index in [9.17, 15) is 0 Å². The Morgan fingerprint density at radius 2 is 1.00 bits per heavy atom. The van der Waals surface area contributed by atoms with Gasteiger partial charge < -0.3 is 14.7 Å². The molecule has 0 heterocycles. The van der Waals surface area contributed by atoms with Crippen LogP contribution in [-0.4, -0.2) is 66.1 Å². The predicted octanol–water partition coefficient (Wildman–Crippen LogP) is -0.733. The topological polar surface area (TPSA) is 77.8 Å². The fraction of sp³-hybridized carbons (Fsp3) is 0. The average molecular weight is 211 g/mol. The fourth-order valence-corrected chi connectivity index (χ4v) is 0. The monoisotopic (exact) mass is 210 g/mol. The van der Waals surface area contributed by atoms with Crippen LogP contribution in [0.3, 0.4) is 0 Å². The summed E-state index contributed by atoms with van der Waals surface area (Å²) >= 11 is 0. The van der Waals surface area contributed by atoms with Crippen LogP contribution in [0, 0.1) is 0 Å². The zero-order valence-corrected chi connectivity index (χ0v) is 5.54. The van der Waals surface area contributed by atoms with Crippen molar-refractivity contribution in [2.45, 2.75) is 0 Å². The maximum atomic E-state index is 8.88. The van der Waals surface area contributed by atoms with Gasteiger partial charge in [-0.15, -0.1) is 24.8 Å². The molecule has 0 rings (SSSR count). The van der Waals surface area contributed by atoms with E-state index in [2.05, 4.69) is 0 Å². The van der Waals surface area contributed by atoms with E-state index >= 15 is 0 Å². The minimum atomic E-state index is -4.64. The molecule has 0 amide bonds. The molecule has 0 aromatic carbocycles. The molecule has 8 heteroatoms. The van der Waals surface area contributed by atoms with Crippen LogP contribution >= 0.6 is 32.6 Å². The van der Waals surface area contributed by atoms with Crippen LogP contribution in [0.2, 0.25) is 0 Å². The first-order chi connectivity index (χ1) is 2.00. The molecular formula is H6Cl2KO4P. The molecule has 0 aliphatic carbocycles. The maximum absolute atomic E-state index is 8.88. The Hall–Kier alpha value is 2.33. The van der Waals surface area contributed by atoms with Crippen molar-refractivity contribution in [1.29, 1.82) is 0 Å². The van der Waals surface area contributed by atoms with Crippen molar-refractivity contribution in [1.82, 2.24) is 0 Å². The summed E-state index contributed by atoms with van der Waals surface area (Å²) in [7, 11) is -4.64. The quantitative estimate of drug-likeness (QED) is 0.364. The van der Waals surface area contributed by atoms with Gasteiger partial charge in [-0.05, 0) is 0 Å². The van der Waals surface area contributed by atoms with Crippen molar-refractivity contribution < 1.29 is 19.2 Å². The first kappa shape index (κ1) is 22.4. The fourth-order valence-electron chi connectivity index (χ4n) is 0. The van der Waals surface area contributed by atoms with E-state index in [-0.39, 0.29) is 76.2 Å². The summed E-state index contributed by atoms with van der Waals surface area (Å²) in [6.45, 7) is 0. The van der Waals surface area contributed by atoms with Crippen molar-refractivity contribution in [2.75, 3.05) is 0 Å². The third-order valence-electron chi connectivity index (χ3n) is 0. The van der Waals surface area contributed by atoms with E-state index in [1.807, 2.05) is 0 Å². The molecule has 0 aromatic heterocycles. The normalized spacial score (nSPS) is 7.38. The molecule has 0 bridgehead atoms. The molecular weight excluding hydrogens is 205 g/mol. The number of rotatable bonds is 0. The number of hydrogen-bond acceptors (Lipinski definition) is 1. The Morgan fingerprint density at radius 3 is 1.00 bits per heavy atom. The third-order valence-corrected chi connectivity index (χ3v) is 0. The molecule has 0 aromatic rings. The Morgan fingerprint density at radius 1 is 1.00 bits per heavy atom. The average Bonchev–Trinajstić information content (AvgIpc) is 0.722. The first-order valence-corrected chi connectivity index (χ1v) is 2.35. The first-order valence-electron chi connectivity index (χ1n) is 0.783. The third kappa shape index (κ3) is 82.6. The Balaban J connectivity index is -0.0000000267. The zero-order chi connectivity index (χ0) is 4.50. The molecule has 4 nitrogen and oxygen atoms in total. The molecule has 0 aliphatic heterocycles. The van der Waals surface area contributed by atoms with Crippen molar-refractivity contribution in [2.24, 2.45) is 0 Å². The summed E-state index contributed by atoms with van der Waals surface area (Å²) in [5.74, 6) is 0. The molecule has 0 atom stereocenters. The molecule has 8 heavy (non-hydrogen) atoms. The van der Waals surface area contributed by atoms with Crippen molar-refractivity contribution in [3.63, 3.8) is 0 Å². The van der Waals surface area contributed by atoms with Gasteiger partial charge in [0.05, 0.1) is 0 Å². The van der Waals surface area contributed by atoms with Gasteiger partial charge in [0.25, 0.3) is 0 Å². The summed E-state index contributed by atoms with van der Waals surface area (Å²) in [6, 6.07) is 0. The molecule has 0 spiro atoms. The summed E-state index contributed by atoms with van der Waals surface area (Å²) in [5.41, 5.74) is 0. The van der Waals surface area contributed by atoms with Crippen molar-refractivity contribution in [3.05, 3.63) is 0 Å². The van der Waals surface area contributed by atoms with Crippen LogP contribution in [0.25, 0.3) is 0 Å². The van der Waals surface area contributed by atoms with Crippen LogP contribution < -0.4 is 0 Å². The van der Waals surface area contributed by atoms with Gasteiger partial charge in [-0.3, -0.25) is 0 Å². The van der Waals surface area contributed by atoms with E-state index in [1.165, 1.54) is 0 Å². The minimum absolute atomic E-state index is 0.